The van der Waals surface area contributed by atoms with Crippen LogP contribution in [0.4, 0.5) is 4.39 Å². The molecule has 3 aromatic rings. The van der Waals surface area contributed by atoms with Crippen LogP contribution in [0.15, 0.2) is 66.7 Å². The maximum Gasteiger partial charge on any atom is 0.138 e. The van der Waals surface area contributed by atoms with Crippen molar-refractivity contribution in [1.82, 2.24) is 0 Å². The Hall–Kier alpha value is -2.37. The van der Waals surface area contributed by atoms with E-state index in [1.54, 1.807) is 29.5 Å². The third-order valence-electron chi connectivity index (χ3n) is 2.86. The van der Waals surface area contributed by atoms with Gasteiger partial charge in [-0.2, -0.15) is 0 Å². The predicted molar refractivity (Wildman–Crippen MR) is 82.1 cm³/mol. The first-order valence-corrected chi connectivity index (χ1v) is 7.06. The molecule has 0 N–H and O–H groups in total. The molecular weight excluding hydrogens is 267 g/mol. The lowest BCUT2D eigenvalue weighted by Gasteiger charge is -1.93. The lowest BCUT2D eigenvalue weighted by Crippen LogP contribution is -1.80. The molecule has 0 spiro atoms. The smallest absolute Gasteiger partial charge is 0.138 e. The second-order valence-corrected chi connectivity index (χ2v) is 5.34. The van der Waals surface area contributed by atoms with Crippen molar-refractivity contribution in [2.24, 2.45) is 0 Å². The number of thiophene rings is 1. The molecule has 0 aliphatic heterocycles. The Morgan fingerprint density at radius 3 is 2.30 bits per heavy atom. The molecule has 1 aromatic heterocycles. The van der Waals surface area contributed by atoms with Crippen molar-refractivity contribution >= 4 is 11.3 Å². The Kier molecular flexibility index (Phi) is 3.62. The van der Waals surface area contributed by atoms with Crippen molar-refractivity contribution < 1.29 is 4.39 Å². The third kappa shape index (κ3) is 2.79. The molecule has 0 bridgehead atoms. The molecule has 0 nitrogen and oxygen atoms in total. The molecule has 0 amide bonds. The summed E-state index contributed by atoms with van der Waals surface area (Å²) in [6.07, 6.45) is 0. The van der Waals surface area contributed by atoms with E-state index in [2.05, 4.69) is 24.0 Å². The van der Waals surface area contributed by atoms with E-state index in [1.165, 1.54) is 16.5 Å². The van der Waals surface area contributed by atoms with E-state index in [0.717, 1.165) is 4.88 Å². The summed E-state index contributed by atoms with van der Waals surface area (Å²) in [5, 5.41) is 0. The fourth-order valence-electron chi connectivity index (χ4n) is 1.85. The van der Waals surface area contributed by atoms with Gasteiger partial charge in [0.2, 0.25) is 0 Å². The zero-order valence-corrected chi connectivity index (χ0v) is 11.5. The zero-order valence-electron chi connectivity index (χ0n) is 10.6. The van der Waals surface area contributed by atoms with Crippen LogP contribution in [-0.2, 0) is 0 Å². The first kappa shape index (κ1) is 12.7. The summed E-state index contributed by atoms with van der Waals surface area (Å²) in [5.74, 6) is 5.62. The van der Waals surface area contributed by atoms with Gasteiger partial charge in [-0.25, -0.2) is 4.39 Å². The highest BCUT2D eigenvalue weighted by molar-refractivity contribution is 7.16. The topological polar surface area (TPSA) is 0 Å². The molecule has 2 heteroatoms. The summed E-state index contributed by atoms with van der Waals surface area (Å²) in [6, 6.07) is 20.7. The quantitative estimate of drug-likeness (QED) is 0.552. The second-order valence-electron chi connectivity index (χ2n) is 4.26. The maximum absolute atomic E-state index is 13.5. The van der Waals surface area contributed by atoms with Gasteiger partial charge >= 0.3 is 0 Å². The summed E-state index contributed by atoms with van der Waals surface area (Å²) in [7, 11) is 0. The highest BCUT2D eigenvalue weighted by atomic mass is 32.1. The van der Waals surface area contributed by atoms with E-state index in [0.29, 0.717) is 5.56 Å². The van der Waals surface area contributed by atoms with Gasteiger partial charge in [0.05, 0.1) is 10.4 Å². The summed E-state index contributed by atoms with van der Waals surface area (Å²) in [5.41, 5.74) is 1.61. The Bertz CT molecular complexity index is 776. The molecule has 3 rings (SSSR count). The maximum atomic E-state index is 13.5. The number of hydrogen-bond acceptors (Lipinski definition) is 1. The molecule has 0 aliphatic rings. The summed E-state index contributed by atoms with van der Waals surface area (Å²) < 4.78 is 13.5. The van der Waals surface area contributed by atoms with E-state index in [1.807, 2.05) is 30.3 Å². The zero-order chi connectivity index (χ0) is 13.8. The third-order valence-corrected chi connectivity index (χ3v) is 3.91. The largest absolute Gasteiger partial charge is 0.206 e. The fourth-order valence-corrected chi connectivity index (χ4v) is 2.72. The minimum absolute atomic E-state index is 0.278. The van der Waals surface area contributed by atoms with Gasteiger partial charge in [-0.3, -0.25) is 0 Å². The van der Waals surface area contributed by atoms with Gasteiger partial charge in [-0.15, -0.1) is 11.3 Å². The van der Waals surface area contributed by atoms with Gasteiger partial charge in [0.25, 0.3) is 0 Å². The Labute approximate surface area is 121 Å². The summed E-state index contributed by atoms with van der Waals surface area (Å²) >= 11 is 1.62. The van der Waals surface area contributed by atoms with Crippen LogP contribution in [0.3, 0.4) is 0 Å². The predicted octanol–water partition coefficient (Wildman–Crippen LogP) is 4.95. The average Bonchev–Trinajstić information content (AvgIpc) is 2.96. The van der Waals surface area contributed by atoms with Crippen LogP contribution in [0, 0.1) is 17.7 Å². The number of rotatable bonds is 1. The van der Waals surface area contributed by atoms with E-state index >= 15 is 0 Å². The molecule has 20 heavy (non-hydrogen) atoms. The van der Waals surface area contributed by atoms with Gasteiger partial charge < -0.3 is 0 Å². The standard InChI is InChI=1S/C18H11FS/c19-17-9-5-4-6-14(17)10-11-16-12-13-18(20-16)15-7-2-1-3-8-15/h1-9,12-13H. The van der Waals surface area contributed by atoms with Crippen molar-refractivity contribution in [3.05, 3.63) is 83.0 Å². The molecule has 0 unspecified atom stereocenters. The SMILES string of the molecule is Fc1ccccc1C#Cc1ccc(-c2ccccc2)s1. The Balaban J connectivity index is 1.88. The normalized spacial score (nSPS) is 9.85. The molecule has 1 heterocycles. The highest BCUT2D eigenvalue weighted by Crippen LogP contribution is 2.27. The van der Waals surface area contributed by atoms with Gasteiger partial charge in [-0.05, 0) is 29.8 Å². The van der Waals surface area contributed by atoms with Crippen molar-refractivity contribution in [3.63, 3.8) is 0 Å². The molecule has 0 saturated carbocycles. The molecule has 96 valence electrons. The van der Waals surface area contributed by atoms with Crippen molar-refractivity contribution in [2.75, 3.05) is 0 Å². The fraction of sp³-hybridized carbons (Fsp3) is 0. The lowest BCUT2D eigenvalue weighted by molar-refractivity contribution is 0.624. The van der Waals surface area contributed by atoms with Crippen LogP contribution in [0.5, 0.6) is 0 Å². The Morgan fingerprint density at radius 1 is 0.750 bits per heavy atom. The molecule has 0 fully saturated rings. The average molecular weight is 278 g/mol. The van der Waals surface area contributed by atoms with Crippen LogP contribution in [-0.4, -0.2) is 0 Å². The summed E-state index contributed by atoms with van der Waals surface area (Å²) in [4.78, 5) is 2.11. The first-order chi connectivity index (χ1) is 9.83. The van der Waals surface area contributed by atoms with Crippen molar-refractivity contribution in [3.8, 4) is 22.3 Å². The molecule has 0 atom stereocenters. The number of hydrogen-bond donors (Lipinski definition) is 0. The van der Waals surface area contributed by atoms with Gasteiger partial charge in [0, 0.05) is 4.88 Å². The number of benzene rings is 2. The van der Waals surface area contributed by atoms with E-state index in [-0.39, 0.29) is 5.82 Å². The van der Waals surface area contributed by atoms with E-state index in [9.17, 15) is 4.39 Å². The van der Waals surface area contributed by atoms with Crippen LogP contribution in [0.2, 0.25) is 0 Å². The molecule has 2 aromatic carbocycles. The molecular formula is C18H11FS. The molecule has 0 radical (unpaired) electrons. The van der Waals surface area contributed by atoms with E-state index in [4.69, 9.17) is 0 Å². The highest BCUT2D eigenvalue weighted by Gasteiger charge is 2.00. The van der Waals surface area contributed by atoms with Gasteiger partial charge in [0.15, 0.2) is 0 Å². The van der Waals surface area contributed by atoms with Crippen molar-refractivity contribution in [1.29, 1.82) is 0 Å². The Morgan fingerprint density at radius 2 is 1.50 bits per heavy atom. The van der Waals surface area contributed by atoms with Crippen LogP contribution < -0.4 is 0 Å². The first-order valence-electron chi connectivity index (χ1n) is 6.25. The van der Waals surface area contributed by atoms with Gasteiger partial charge in [-0.1, -0.05) is 54.3 Å². The lowest BCUT2D eigenvalue weighted by atomic mass is 10.2. The van der Waals surface area contributed by atoms with Crippen LogP contribution >= 0.6 is 11.3 Å². The monoisotopic (exact) mass is 278 g/mol. The minimum atomic E-state index is -0.278. The minimum Gasteiger partial charge on any atom is -0.206 e. The molecule has 0 aliphatic carbocycles. The van der Waals surface area contributed by atoms with Crippen molar-refractivity contribution in [2.45, 2.75) is 0 Å². The molecule has 0 saturated heterocycles. The second kappa shape index (κ2) is 5.73. The van der Waals surface area contributed by atoms with E-state index < -0.39 is 0 Å². The van der Waals surface area contributed by atoms with Crippen LogP contribution in [0.25, 0.3) is 10.4 Å². The van der Waals surface area contributed by atoms with Crippen LogP contribution in [0.1, 0.15) is 10.4 Å². The number of halogens is 1. The summed E-state index contributed by atoms with van der Waals surface area (Å²) in [6.45, 7) is 0. The van der Waals surface area contributed by atoms with Gasteiger partial charge in [0.1, 0.15) is 5.82 Å².